The highest BCUT2D eigenvalue weighted by molar-refractivity contribution is 7.99. The average molecular weight is 310 g/mol. The van der Waals surface area contributed by atoms with E-state index in [4.69, 9.17) is 0 Å². The fraction of sp³-hybridized carbons (Fsp3) is 0.667. The van der Waals surface area contributed by atoms with Gasteiger partial charge in [0.15, 0.2) is 0 Å². The summed E-state index contributed by atoms with van der Waals surface area (Å²) in [6.07, 6.45) is 1.35. The summed E-state index contributed by atoms with van der Waals surface area (Å²) in [5, 5.41) is 14.5. The maximum atomic E-state index is 11.2. The molecule has 8 nitrogen and oxygen atoms in total. The van der Waals surface area contributed by atoms with Crippen LogP contribution >= 0.6 is 11.8 Å². The van der Waals surface area contributed by atoms with E-state index in [0.29, 0.717) is 11.8 Å². The maximum absolute atomic E-state index is 11.2. The summed E-state index contributed by atoms with van der Waals surface area (Å²) < 4.78 is 0. The Morgan fingerprint density at radius 2 is 1.90 bits per heavy atom. The summed E-state index contributed by atoms with van der Waals surface area (Å²) in [7, 11) is 0. The van der Waals surface area contributed by atoms with E-state index in [1.165, 1.54) is 6.20 Å². The molecule has 0 aromatic carbocycles. The lowest BCUT2D eigenvalue weighted by atomic mass is 10.3. The maximum Gasteiger partial charge on any atom is 0.329 e. The predicted molar refractivity (Wildman–Crippen MR) is 83.3 cm³/mol. The lowest BCUT2D eigenvalue weighted by molar-refractivity contribution is -0.384. The molecule has 1 N–H and O–H groups in total. The molecular weight excluding hydrogens is 292 g/mol. The van der Waals surface area contributed by atoms with Gasteiger partial charge < -0.3 is 15.1 Å². The largest absolute Gasteiger partial charge is 0.349 e. The summed E-state index contributed by atoms with van der Waals surface area (Å²) in [4.78, 5) is 23.6. The van der Waals surface area contributed by atoms with Crippen molar-refractivity contribution in [1.29, 1.82) is 0 Å². The SMILES string of the molecule is O=[N+]([O-])c1cnc(N2CCNCC2)nc1N1CCSCC1. The first-order valence-corrected chi connectivity index (χ1v) is 8.21. The Morgan fingerprint density at radius 3 is 2.57 bits per heavy atom. The van der Waals surface area contributed by atoms with Crippen molar-refractivity contribution in [3.8, 4) is 0 Å². The number of hydrogen-bond acceptors (Lipinski definition) is 8. The van der Waals surface area contributed by atoms with Crippen molar-refractivity contribution in [2.45, 2.75) is 0 Å². The van der Waals surface area contributed by atoms with E-state index in [2.05, 4.69) is 20.2 Å². The van der Waals surface area contributed by atoms with Gasteiger partial charge in [-0.2, -0.15) is 16.7 Å². The Bertz CT molecular complexity index is 516. The first-order valence-electron chi connectivity index (χ1n) is 7.05. The van der Waals surface area contributed by atoms with Gasteiger partial charge in [0.25, 0.3) is 0 Å². The zero-order valence-electron chi connectivity index (χ0n) is 11.7. The summed E-state index contributed by atoms with van der Waals surface area (Å²) in [5.74, 6) is 3.01. The van der Waals surface area contributed by atoms with E-state index in [9.17, 15) is 10.1 Å². The van der Waals surface area contributed by atoms with Gasteiger partial charge in [-0.05, 0) is 0 Å². The van der Waals surface area contributed by atoms with E-state index in [1.807, 2.05) is 16.7 Å². The Hall–Kier alpha value is -1.61. The van der Waals surface area contributed by atoms with Crippen LogP contribution in [0.1, 0.15) is 0 Å². The highest BCUT2D eigenvalue weighted by atomic mass is 32.2. The second-order valence-corrected chi connectivity index (χ2v) is 6.20. The van der Waals surface area contributed by atoms with Crippen molar-refractivity contribution in [2.24, 2.45) is 0 Å². The van der Waals surface area contributed by atoms with Crippen molar-refractivity contribution < 1.29 is 4.92 Å². The smallest absolute Gasteiger partial charge is 0.329 e. The van der Waals surface area contributed by atoms with E-state index in [1.54, 1.807) is 0 Å². The molecule has 0 unspecified atom stereocenters. The van der Waals surface area contributed by atoms with Crippen LogP contribution < -0.4 is 15.1 Å². The normalized spacial score (nSPS) is 19.6. The second-order valence-electron chi connectivity index (χ2n) is 4.97. The van der Waals surface area contributed by atoms with Gasteiger partial charge in [-0.3, -0.25) is 10.1 Å². The van der Waals surface area contributed by atoms with Gasteiger partial charge >= 0.3 is 5.69 Å². The predicted octanol–water partition coefficient (Wildman–Crippen LogP) is 0.348. The highest BCUT2D eigenvalue weighted by Gasteiger charge is 2.26. The summed E-state index contributed by atoms with van der Waals surface area (Å²) in [6.45, 7) is 5.01. The van der Waals surface area contributed by atoms with Crippen LogP contribution in [0.3, 0.4) is 0 Å². The van der Waals surface area contributed by atoms with Gasteiger partial charge in [0.2, 0.25) is 11.8 Å². The first-order chi connectivity index (χ1) is 10.3. The molecule has 9 heteroatoms. The number of nitro groups is 1. The number of nitrogens with one attached hydrogen (secondary N) is 1. The molecule has 0 amide bonds. The summed E-state index contributed by atoms with van der Waals surface area (Å²) in [5.41, 5.74) is 0.000726. The lowest BCUT2D eigenvalue weighted by Crippen LogP contribution is -2.44. The summed E-state index contributed by atoms with van der Waals surface area (Å²) in [6, 6.07) is 0. The molecule has 2 aliphatic heterocycles. The third-order valence-electron chi connectivity index (χ3n) is 3.64. The molecule has 21 heavy (non-hydrogen) atoms. The van der Waals surface area contributed by atoms with Crippen LogP contribution in [0.25, 0.3) is 0 Å². The monoisotopic (exact) mass is 310 g/mol. The minimum absolute atomic E-state index is 0.000726. The molecule has 1 aromatic heterocycles. The van der Waals surface area contributed by atoms with Crippen LogP contribution in [0, 0.1) is 10.1 Å². The molecule has 2 aliphatic rings. The number of thioether (sulfide) groups is 1. The number of piperazine rings is 1. The molecule has 0 atom stereocenters. The Kier molecular flexibility index (Phi) is 4.39. The summed E-state index contributed by atoms with van der Waals surface area (Å²) >= 11 is 1.87. The van der Waals surface area contributed by atoms with Crippen LogP contribution in [0.15, 0.2) is 6.20 Å². The van der Waals surface area contributed by atoms with Crippen LogP contribution in [0.2, 0.25) is 0 Å². The Morgan fingerprint density at radius 1 is 1.19 bits per heavy atom. The molecule has 0 radical (unpaired) electrons. The number of hydrogen-bond donors (Lipinski definition) is 1. The van der Waals surface area contributed by atoms with Crippen LogP contribution in [-0.4, -0.2) is 65.7 Å². The molecule has 0 aliphatic carbocycles. The number of aromatic nitrogens is 2. The van der Waals surface area contributed by atoms with Gasteiger partial charge in [0.1, 0.15) is 6.20 Å². The minimum Gasteiger partial charge on any atom is -0.349 e. The van der Waals surface area contributed by atoms with Crippen LogP contribution in [0.5, 0.6) is 0 Å². The topological polar surface area (TPSA) is 87.4 Å². The fourth-order valence-electron chi connectivity index (χ4n) is 2.51. The van der Waals surface area contributed by atoms with Gasteiger partial charge in [-0.25, -0.2) is 4.98 Å². The third-order valence-corrected chi connectivity index (χ3v) is 4.59. The number of anilines is 2. The molecule has 0 bridgehead atoms. The second kappa shape index (κ2) is 6.44. The van der Waals surface area contributed by atoms with E-state index >= 15 is 0 Å². The van der Waals surface area contributed by atoms with Gasteiger partial charge in [-0.15, -0.1) is 0 Å². The molecule has 1 aromatic rings. The molecule has 3 heterocycles. The molecule has 0 spiro atoms. The van der Waals surface area contributed by atoms with Crippen LogP contribution in [-0.2, 0) is 0 Å². The molecule has 2 saturated heterocycles. The molecular formula is C12H18N6O2S. The lowest BCUT2D eigenvalue weighted by Gasteiger charge is -2.30. The average Bonchev–Trinajstić information content (AvgIpc) is 2.56. The first kappa shape index (κ1) is 14.3. The number of rotatable bonds is 3. The van der Waals surface area contributed by atoms with Gasteiger partial charge in [-0.1, -0.05) is 0 Å². The van der Waals surface area contributed by atoms with Crippen LogP contribution in [0.4, 0.5) is 17.5 Å². The minimum atomic E-state index is -0.390. The quantitative estimate of drug-likeness (QED) is 0.632. The zero-order valence-corrected chi connectivity index (χ0v) is 12.5. The van der Waals surface area contributed by atoms with Crippen molar-refractivity contribution in [2.75, 3.05) is 60.6 Å². The Balaban J connectivity index is 1.91. The van der Waals surface area contributed by atoms with Crippen molar-refractivity contribution in [3.63, 3.8) is 0 Å². The molecule has 0 saturated carbocycles. The highest BCUT2D eigenvalue weighted by Crippen LogP contribution is 2.29. The van der Waals surface area contributed by atoms with Crippen molar-refractivity contribution in [3.05, 3.63) is 16.3 Å². The Labute approximate surface area is 127 Å². The third kappa shape index (κ3) is 3.18. The van der Waals surface area contributed by atoms with Crippen molar-refractivity contribution >= 4 is 29.2 Å². The molecule has 2 fully saturated rings. The zero-order chi connectivity index (χ0) is 14.7. The van der Waals surface area contributed by atoms with Crippen molar-refractivity contribution in [1.82, 2.24) is 15.3 Å². The van der Waals surface area contributed by atoms with E-state index < -0.39 is 4.92 Å². The molecule has 114 valence electrons. The number of nitrogens with zero attached hydrogens (tertiary/aromatic N) is 5. The van der Waals surface area contributed by atoms with Gasteiger partial charge in [0, 0.05) is 50.8 Å². The molecule has 3 rings (SSSR count). The van der Waals surface area contributed by atoms with Gasteiger partial charge in [0.05, 0.1) is 4.92 Å². The fourth-order valence-corrected chi connectivity index (χ4v) is 3.41. The van der Waals surface area contributed by atoms with E-state index in [0.717, 1.165) is 50.8 Å². The standard InChI is InChI=1S/C12H18N6O2S/c19-18(20)10-9-14-12(17-3-1-13-2-4-17)15-11(10)16-5-7-21-8-6-16/h9,13H,1-8H2. The van der Waals surface area contributed by atoms with E-state index in [-0.39, 0.29) is 5.69 Å².